The second-order valence-electron chi connectivity index (χ2n) is 4.06. The molecule has 0 atom stereocenters. The smallest absolute Gasteiger partial charge is 0.161 e. The molecular formula is C14H14N4O2. The third-order valence-corrected chi connectivity index (χ3v) is 2.80. The molecule has 1 aromatic carbocycles. The molecule has 6 heteroatoms. The average molecular weight is 270 g/mol. The molecular weight excluding hydrogens is 256 g/mol. The molecule has 0 radical (unpaired) electrons. The summed E-state index contributed by atoms with van der Waals surface area (Å²) < 4.78 is 10.4. The predicted molar refractivity (Wildman–Crippen MR) is 73.5 cm³/mol. The van der Waals surface area contributed by atoms with Gasteiger partial charge in [-0.2, -0.15) is 5.26 Å². The molecule has 2 rings (SSSR count). The molecule has 102 valence electrons. The van der Waals surface area contributed by atoms with Crippen LogP contribution >= 0.6 is 0 Å². The zero-order valence-corrected chi connectivity index (χ0v) is 11.3. The summed E-state index contributed by atoms with van der Waals surface area (Å²) in [7, 11) is 3.17. The monoisotopic (exact) mass is 270 g/mol. The fourth-order valence-electron chi connectivity index (χ4n) is 1.78. The number of nitrogen functional groups attached to an aromatic ring is 1. The minimum Gasteiger partial charge on any atom is -0.493 e. The number of nitrogens with zero attached hydrogens (tertiary/aromatic N) is 3. The van der Waals surface area contributed by atoms with Crippen molar-refractivity contribution in [2.45, 2.75) is 6.42 Å². The Morgan fingerprint density at radius 3 is 2.60 bits per heavy atom. The van der Waals surface area contributed by atoms with Gasteiger partial charge < -0.3 is 15.2 Å². The topological polar surface area (TPSA) is 94.0 Å². The largest absolute Gasteiger partial charge is 0.493 e. The first-order valence-electron chi connectivity index (χ1n) is 5.90. The number of ether oxygens (including phenoxy) is 2. The maximum Gasteiger partial charge on any atom is 0.161 e. The van der Waals surface area contributed by atoms with E-state index in [0.29, 0.717) is 23.7 Å². The molecule has 2 aromatic rings. The Balaban J connectivity index is 2.26. The van der Waals surface area contributed by atoms with E-state index in [9.17, 15) is 0 Å². The summed E-state index contributed by atoms with van der Waals surface area (Å²) in [6.45, 7) is 0. The number of rotatable bonds is 4. The zero-order valence-electron chi connectivity index (χ0n) is 11.3. The minimum atomic E-state index is 0.193. The average Bonchev–Trinajstić information content (AvgIpc) is 2.47. The van der Waals surface area contributed by atoms with E-state index >= 15 is 0 Å². The van der Waals surface area contributed by atoms with Crippen LogP contribution in [0, 0.1) is 11.3 Å². The Hall–Kier alpha value is -2.81. The van der Waals surface area contributed by atoms with Crippen molar-refractivity contribution in [2.24, 2.45) is 0 Å². The lowest BCUT2D eigenvalue weighted by Crippen LogP contribution is -2.03. The number of nitriles is 1. The number of hydrogen-bond acceptors (Lipinski definition) is 6. The molecule has 0 amide bonds. The summed E-state index contributed by atoms with van der Waals surface area (Å²) in [5.41, 5.74) is 6.91. The molecule has 0 unspecified atom stereocenters. The van der Waals surface area contributed by atoms with E-state index < -0.39 is 0 Å². The van der Waals surface area contributed by atoms with Crippen LogP contribution in [0.1, 0.15) is 17.0 Å². The number of benzene rings is 1. The van der Waals surface area contributed by atoms with E-state index in [0.717, 1.165) is 5.56 Å². The third kappa shape index (κ3) is 2.78. The Morgan fingerprint density at radius 2 is 2.00 bits per heavy atom. The lowest BCUT2D eigenvalue weighted by Gasteiger charge is -2.09. The number of methoxy groups -OCH3 is 2. The fraction of sp³-hybridized carbons (Fsp3) is 0.214. The van der Waals surface area contributed by atoms with Gasteiger partial charge in [-0.3, -0.25) is 0 Å². The van der Waals surface area contributed by atoms with Gasteiger partial charge in [0.15, 0.2) is 11.5 Å². The molecule has 0 saturated heterocycles. The van der Waals surface area contributed by atoms with Gasteiger partial charge >= 0.3 is 0 Å². The Bertz CT molecular complexity index is 665. The highest BCUT2D eigenvalue weighted by atomic mass is 16.5. The quantitative estimate of drug-likeness (QED) is 0.905. The maximum absolute atomic E-state index is 8.78. The van der Waals surface area contributed by atoms with E-state index in [-0.39, 0.29) is 11.4 Å². The van der Waals surface area contributed by atoms with Crippen LogP contribution in [0.25, 0.3) is 0 Å². The van der Waals surface area contributed by atoms with Crippen molar-refractivity contribution in [2.75, 3.05) is 20.0 Å². The Labute approximate surface area is 116 Å². The first kappa shape index (κ1) is 13.6. The van der Waals surface area contributed by atoms with E-state index in [1.54, 1.807) is 14.2 Å². The molecule has 1 heterocycles. The van der Waals surface area contributed by atoms with E-state index in [1.807, 2.05) is 24.3 Å². The standard InChI is InChI=1S/C14H14N4O2/c1-19-11-4-3-9(5-12(11)20-2)6-13-17-8-10(7-15)14(16)18-13/h3-5,8H,6H2,1-2H3,(H2,16,17,18). The number of anilines is 1. The van der Waals surface area contributed by atoms with Crippen molar-refractivity contribution in [1.82, 2.24) is 9.97 Å². The molecule has 0 aliphatic carbocycles. The Kier molecular flexibility index (Phi) is 4.01. The first-order valence-corrected chi connectivity index (χ1v) is 5.90. The molecule has 0 fully saturated rings. The Morgan fingerprint density at radius 1 is 1.25 bits per heavy atom. The molecule has 0 saturated carbocycles. The van der Waals surface area contributed by atoms with Crippen LogP contribution in [0.3, 0.4) is 0 Å². The highest BCUT2D eigenvalue weighted by Gasteiger charge is 2.08. The molecule has 20 heavy (non-hydrogen) atoms. The number of aromatic nitrogens is 2. The van der Waals surface area contributed by atoms with Gasteiger partial charge in [0.25, 0.3) is 0 Å². The van der Waals surface area contributed by atoms with Gasteiger partial charge in [0, 0.05) is 6.42 Å². The summed E-state index contributed by atoms with van der Waals surface area (Å²) in [4.78, 5) is 8.23. The van der Waals surface area contributed by atoms with Crippen LogP contribution < -0.4 is 15.2 Å². The molecule has 6 nitrogen and oxygen atoms in total. The van der Waals surface area contributed by atoms with E-state index in [2.05, 4.69) is 9.97 Å². The van der Waals surface area contributed by atoms with Crippen molar-refractivity contribution in [3.63, 3.8) is 0 Å². The number of hydrogen-bond donors (Lipinski definition) is 1. The van der Waals surface area contributed by atoms with Crippen LogP contribution in [-0.4, -0.2) is 24.2 Å². The van der Waals surface area contributed by atoms with Crippen LogP contribution in [0.4, 0.5) is 5.82 Å². The summed E-state index contributed by atoms with van der Waals surface area (Å²) in [6.07, 6.45) is 1.93. The van der Waals surface area contributed by atoms with Crippen molar-refractivity contribution < 1.29 is 9.47 Å². The molecule has 0 spiro atoms. The van der Waals surface area contributed by atoms with Crippen LogP contribution in [0.5, 0.6) is 11.5 Å². The summed E-state index contributed by atoms with van der Waals surface area (Å²) in [5, 5.41) is 8.78. The van der Waals surface area contributed by atoms with E-state index in [1.165, 1.54) is 6.20 Å². The van der Waals surface area contributed by atoms with Gasteiger partial charge in [0.05, 0.1) is 20.4 Å². The van der Waals surface area contributed by atoms with Gasteiger partial charge in [0.2, 0.25) is 0 Å². The third-order valence-electron chi connectivity index (χ3n) is 2.80. The second-order valence-corrected chi connectivity index (χ2v) is 4.06. The van der Waals surface area contributed by atoms with E-state index in [4.69, 9.17) is 20.5 Å². The molecule has 2 N–H and O–H groups in total. The predicted octanol–water partition coefficient (Wildman–Crippen LogP) is 1.54. The normalized spacial score (nSPS) is 9.85. The van der Waals surface area contributed by atoms with Crippen LogP contribution in [0.15, 0.2) is 24.4 Å². The minimum absolute atomic E-state index is 0.193. The van der Waals surface area contributed by atoms with Crippen LogP contribution in [0.2, 0.25) is 0 Å². The molecule has 1 aromatic heterocycles. The van der Waals surface area contributed by atoms with Crippen molar-refractivity contribution >= 4 is 5.82 Å². The van der Waals surface area contributed by atoms with Gasteiger partial charge in [-0.25, -0.2) is 9.97 Å². The SMILES string of the molecule is COc1ccc(Cc2ncc(C#N)c(N)n2)cc1OC. The lowest BCUT2D eigenvalue weighted by molar-refractivity contribution is 0.354. The summed E-state index contributed by atoms with van der Waals surface area (Å²) in [5.74, 6) is 2.05. The molecule has 0 bridgehead atoms. The fourth-order valence-corrected chi connectivity index (χ4v) is 1.78. The van der Waals surface area contributed by atoms with Gasteiger partial charge in [-0.15, -0.1) is 0 Å². The van der Waals surface area contributed by atoms with Gasteiger partial charge in [-0.05, 0) is 17.7 Å². The highest BCUT2D eigenvalue weighted by molar-refractivity contribution is 5.47. The van der Waals surface area contributed by atoms with Gasteiger partial charge in [-0.1, -0.05) is 6.07 Å². The summed E-state index contributed by atoms with van der Waals surface area (Å²) >= 11 is 0. The van der Waals surface area contributed by atoms with Crippen molar-refractivity contribution in [1.29, 1.82) is 5.26 Å². The van der Waals surface area contributed by atoms with Gasteiger partial charge in [0.1, 0.15) is 23.3 Å². The molecule has 0 aliphatic rings. The maximum atomic E-state index is 8.78. The van der Waals surface area contributed by atoms with Crippen LogP contribution in [-0.2, 0) is 6.42 Å². The lowest BCUT2D eigenvalue weighted by atomic mass is 10.1. The van der Waals surface area contributed by atoms with Crippen molar-refractivity contribution in [3.05, 3.63) is 41.3 Å². The first-order chi connectivity index (χ1) is 9.67. The highest BCUT2D eigenvalue weighted by Crippen LogP contribution is 2.28. The molecule has 0 aliphatic heterocycles. The number of nitrogens with two attached hydrogens (primary N) is 1. The zero-order chi connectivity index (χ0) is 14.5. The van der Waals surface area contributed by atoms with Crippen molar-refractivity contribution in [3.8, 4) is 17.6 Å². The summed E-state index contributed by atoms with van der Waals surface area (Å²) in [6, 6.07) is 7.51. The second kappa shape index (κ2) is 5.89.